The minimum atomic E-state index is 0.129. The number of fused-ring (bicyclic) bond motifs is 1. The van der Waals surface area contributed by atoms with Crippen molar-refractivity contribution >= 4 is 5.91 Å². The summed E-state index contributed by atoms with van der Waals surface area (Å²) in [5.74, 6) is 1.71. The van der Waals surface area contributed by atoms with Gasteiger partial charge in [-0.3, -0.25) is 4.79 Å². The molecule has 0 aromatic heterocycles. The number of hydrogen-bond donors (Lipinski definition) is 1. The van der Waals surface area contributed by atoms with Crippen molar-refractivity contribution < 1.29 is 14.3 Å². The van der Waals surface area contributed by atoms with E-state index in [0.29, 0.717) is 18.9 Å². The summed E-state index contributed by atoms with van der Waals surface area (Å²) >= 11 is 0. The molecule has 1 fully saturated rings. The van der Waals surface area contributed by atoms with Gasteiger partial charge in [-0.1, -0.05) is 12.1 Å². The second kappa shape index (κ2) is 4.28. The highest BCUT2D eigenvalue weighted by molar-refractivity contribution is 5.77. The lowest BCUT2D eigenvalue weighted by atomic mass is 10.1. The first kappa shape index (κ1) is 10.4. The standard InChI is InChI=1S/C13H15NO3/c15-12(14-10-5-6-10)7-4-9-2-1-3-11-13(9)17-8-16-11/h1-3,10H,4-8H2,(H,14,15). The van der Waals surface area contributed by atoms with Gasteiger partial charge in [-0.25, -0.2) is 0 Å². The predicted molar refractivity (Wildman–Crippen MR) is 62.1 cm³/mol. The van der Waals surface area contributed by atoms with Crippen molar-refractivity contribution in [2.24, 2.45) is 0 Å². The topological polar surface area (TPSA) is 47.6 Å². The van der Waals surface area contributed by atoms with Crippen molar-refractivity contribution in [1.82, 2.24) is 5.32 Å². The van der Waals surface area contributed by atoms with Crippen LogP contribution in [0.15, 0.2) is 18.2 Å². The third kappa shape index (κ3) is 2.35. The van der Waals surface area contributed by atoms with E-state index in [4.69, 9.17) is 9.47 Å². The van der Waals surface area contributed by atoms with Gasteiger partial charge in [0.05, 0.1) is 0 Å². The van der Waals surface area contributed by atoms with Crippen molar-refractivity contribution in [3.05, 3.63) is 23.8 Å². The van der Waals surface area contributed by atoms with Crippen LogP contribution in [-0.2, 0) is 11.2 Å². The van der Waals surface area contributed by atoms with Crippen molar-refractivity contribution in [3.63, 3.8) is 0 Å². The maximum absolute atomic E-state index is 11.6. The van der Waals surface area contributed by atoms with Crippen molar-refractivity contribution in [2.75, 3.05) is 6.79 Å². The highest BCUT2D eigenvalue weighted by Gasteiger charge is 2.23. The minimum Gasteiger partial charge on any atom is -0.454 e. The Hall–Kier alpha value is -1.71. The molecule has 0 spiro atoms. The van der Waals surface area contributed by atoms with Gasteiger partial charge in [-0.15, -0.1) is 0 Å². The zero-order valence-electron chi connectivity index (χ0n) is 9.57. The number of amides is 1. The molecule has 0 saturated heterocycles. The van der Waals surface area contributed by atoms with Crippen LogP contribution in [-0.4, -0.2) is 18.7 Å². The number of para-hydroxylation sites is 1. The molecule has 1 aromatic carbocycles. The molecule has 1 aliphatic heterocycles. The van der Waals surface area contributed by atoms with E-state index in [1.807, 2.05) is 18.2 Å². The molecule has 0 atom stereocenters. The second-order valence-corrected chi connectivity index (χ2v) is 4.49. The number of aryl methyl sites for hydroxylation is 1. The van der Waals surface area contributed by atoms with Crippen LogP contribution in [0.4, 0.5) is 0 Å². The number of carbonyl (C=O) groups excluding carboxylic acids is 1. The summed E-state index contributed by atoms with van der Waals surface area (Å²) in [5, 5.41) is 2.98. The number of carbonyl (C=O) groups is 1. The molecule has 0 bridgehead atoms. The summed E-state index contributed by atoms with van der Waals surface area (Å²) in [7, 11) is 0. The smallest absolute Gasteiger partial charge is 0.231 e. The molecule has 1 amide bonds. The third-order valence-electron chi connectivity index (χ3n) is 3.04. The summed E-state index contributed by atoms with van der Waals surface area (Å²) < 4.78 is 10.7. The SMILES string of the molecule is O=C(CCc1cccc2c1OCO2)NC1CC1. The first-order valence-electron chi connectivity index (χ1n) is 6.00. The van der Waals surface area contributed by atoms with E-state index in [-0.39, 0.29) is 12.7 Å². The van der Waals surface area contributed by atoms with Crippen LogP contribution < -0.4 is 14.8 Å². The van der Waals surface area contributed by atoms with Crippen LogP contribution >= 0.6 is 0 Å². The lowest BCUT2D eigenvalue weighted by molar-refractivity contribution is -0.121. The van der Waals surface area contributed by atoms with Gasteiger partial charge in [-0.05, 0) is 30.9 Å². The second-order valence-electron chi connectivity index (χ2n) is 4.49. The molecule has 1 N–H and O–H groups in total. The van der Waals surface area contributed by atoms with Crippen LogP contribution in [0.2, 0.25) is 0 Å². The molecule has 0 unspecified atom stereocenters. The van der Waals surface area contributed by atoms with Gasteiger partial charge < -0.3 is 14.8 Å². The van der Waals surface area contributed by atoms with Gasteiger partial charge in [0.1, 0.15) is 0 Å². The molecule has 1 aliphatic carbocycles. The Morgan fingerprint density at radius 2 is 2.24 bits per heavy atom. The van der Waals surface area contributed by atoms with Crippen molar-refractivity contribution in [1.29, 1.82) is 0 Å². The Balaban J connectivity index is 1.61. The van der Waals surface area contributed by atoms with Gasteiger partial charge in [0.2, 0.25) is 12.7 Å². The largest absolute Gasteiger partial charge is 0.454 e. The van der Waals surface area contributed by atoms with Gasteiger partial charge in [0, 0.05) is 12.5 Å². The summed E-state index contributed by atoms with van der Waals surface area (Å²) in [5.41, 5.74) is 1.05. The van der Waals surface area contributed by atoms with Crippen molar-refractivity contribution in [3.8, 4) is 11.5 Å². The Bertz CT molecular complexity index is 440. The van der Waals surface area contributed by atoms with E-state index in [9.17, 15) is 4.79 Å². The van der Waals surface area contributed by atoms with E-state index in [0.717, 1.165) is 29.9 Å². The minimum absolute atomic E-state index is 0.129. The fraction of sp³-hybridized carbons (Fsp3) is 0.462. The van der Waals surface area contributed by atoms with E-state index >= 15 is 0 Å². The Labute approximate surface area is 99.9 Å². The molecule has 1 aromatic rings. The van der Waals surface area contributed by atoms with Crippen molar-refractivity contribution in [2.45, 2.75) is 31.7 Å². The summed E-state index contributed by atoms with van der Waals surface area (Å²) in [6.45, 7) is 0.278. The molecular formula is C13H15NO3. The monoisotopic (exact) mass is 233 g/mol. The predicted octanol–water partition coefficient (Wildman–Crippen LogP) is 1.63. The Morgan fingerprint density at radius 1 is 1.35 bits per heavy atom. The molecule has 4 nitrogen and oxygen atoms in total. The molecular weight excluding hydrogens is 218 g/mol. The lowest BCUT2D eigenvalue weighted by Gasteiger charge is -2.06. The van der Waals surface area contributed by atoms with E-state index in [2.05, 4.69) is 5.32 Å². The van der Waals surface area contributed by atoms with Crippen LogP contribution in [0.5, 0.6) is 11.5 Å². The molecule has 1 heterocycles. The number of hydrogen-bond acceptors (Lipinski definition) is 3. The zero-order valence-corrected chi connectivity index (χ0v) is 9.57. The molecule has 3 rings (SSSR count). The number of benzene rings is 1. The average Bonchev–Trinajstić information content (AvgIpc) is 3.00. The normalized spacial score (nSPS) is 16.9. The fourth-order valence-corrected chi connectivity index (χ4v) is 1.96. The van der Waals surface area contributed by atoms with Crippen LogP contribution in [0, 0.1) is 0 Å². The lowest BCUT2D eigenvalue weighted by Crippen LogP contribution is -2.25. The van der Waals surface area contributed by atoms with Gasteiger partial charge in [-0.2, -0.15) is 0 Å². The number of nitrogens with one attached hydrogen (secondary N) is 1. The summed E-state index contributed by atoms with van der Waals surface area (Å²) in [6.07, 6.45) is 3.47. The highest BCUT2D eigenvalue weighted by atomic mass is 16.7. The highest BCUT2D eigenvalue weighted by Crippen LogP contribution is 2.35. The maximum atomic E-state index is 11.6. The first-order valence-corrected chi connectivity index (χ1v) is 6.00. The summed E-state index contributed by atoms with van der Waals surface area (Å²) in [4.78, 5) is 11.6. The molecule has 1 saturated carbocycles. The fourth-order valence-electron chi connectivity index (χ4n) is 1.96. The Kier molecular flexibility index (Phi) is 2.63. The Morgan fingerprint density at radius 3 is 3.06 bits per heavy atom. The van der Waals surface area contributed by atoms with Gasteiger partial charge >= 0.3 is 0 Å². The van der Waals surface area contributed by atoms with Crippen LogP contribution in [0.3, 0.4) is 0 Å². The molecule has 17 heavy (non-hydrogen) atoms. The average molecular weight is 233 g/mol. The third-order valence-corrected chi connectivity index (χ3v) is 3.04. The first-order chi connectivity index (χ1) is 8.33. The quantitative estimate of drug-likeness (QED) is 0.859. The van der Waals surface area contributed by atoms with E-state index in [1.54, 1.807) is 0 Å². The molecule has 0 radical (unpaired) electrons. The zero-order chi connectivity index (χ0) is 11.7. The maximum Gasteiger partial charge on any atom is 0.231 e. The number of ether oxygens (including phenoxy) is 2. The number of rotatable bonds is 4. The van der Waals surface area contributed by atoms with Gasteiger partial charge in [0.15, 0.2) is 11.5 Å². The molecule has 90 valence electrons. The molecule has 2 aliphatic rings. The van der Waals surface area contributed by atoms with E-state index in [1.165, 1.54) is 0 Å². The van der Waals surface area contributed by atoms with Crippen LogP contribution in [0.1, 0.15) is 24.8 Å². The molecule has 4 heteroatoms. The van der Waals surface area contributed by atoms with Crippen LogP contribution in [0.25, 0.3) is 0 Å². The van der Waals surface area contributed by atoms with Gasteiger partial charge in [0.25, 0.3) is 0 Å². The van der Waals surface area contributed by atoms with E-state index < -0.39 is 0 Å². The summed E-state index contributed by atoms with van der Waals surface area (Å²) in [6, 6.07) is 6.24.